The van der Waals surface area contributed by atoms with Crippen molar-refractivity contribution < 1.29 is 4.79 Å². The Morgan fingerprint density at radius 3 is 2.68 bits per heavy atom. The summed E-state index contributed by atoms with van der Waals surface area (Å²) < 4.78 is 0. The van der Waals surface area contributed by atoms with Crippen LogP contribution in [0.5, 0.6) is 0 Å². The minimum Gasteiger partial charge on any atom is -0.330 e. The van der Waals surface area contributed by atoms with E-state index in [1.54, 1.807) is 30.3 Å². The number of amides is 1. The third-order valence-electron chi connectivity index (χ3n) is 2.76. The van der Waals surface area contributed by atoms with Gasteiger partial charge in [0.15, 0.2) is 0 Å². The van der Waals surface area contributed by atoms with Crippen molar-refractivity contribution in [2.75, 3.05) is 11.9 Å². The van der Waals surface area contributed by atoms with Gasteiger partial charge in [-0.15, -0.1) is 0 Å². The highest BCUT2D eigenvalue weighted by Crippen LogP contribution is 2.17. The van der Waals surface area contributed by atoms with Crippen molar-refractivity contribution in [3.8, 4) is 0 Å². The average molecular weight is 275 g/mol. The molecule has 0 saturated carbocycles. The molecule has 0 fully saturated rings. The summed E-state index contributed by atoms with van der Waals surface area (Å²) in [7, 11) is 0. The topological polar surface area (TPSA) is 55.1 Å². The van der Waals surface area contributed by atoms with Gasteiger partial charge in [-0.2, -0.15) is 0 Å². The van der Waals surface area contributed by atoms with Gasteiger partial charge in [0.2, 0.25) is 0 Å². The first-order valence-corrected chi connectivity index (χ1v) is 6.43. The summed E-state index contributed by atoms with van der Waals surface area (Å²) in [5.74, 6) is -0.147. The molecule has 0 bridgehead atoms. The molecule has 98 valence electrons. The van der Waals surface area contributed by atoms with E-state index in [0.717, 1.165) is 5.56 Å². The van der Waals surface area contributed by atoms with E-state index in [-0.39, 0.29) is 5.91 Å². The van der Waals surface area contributed by atoms with Crippen LogP contribution in [0.15, 0.2) is 48.5 Å². The largest absolute Gasteiger partial charge is 0.330 e. The molecule has 0 radical (unpaired) electrons. The Morgan fingerprint density at radius 1 is 1.16 bits per heavy atom. The minimum atomic E-state index is -0.147. The van der Waals surface area contributed by atoms with Gasteiger partial charge in [-0.1, -0.05) is 35.9 Å². The normalized spacial score (nSPS) is 10.2. The summed E-state index contributed by atoms with van der Waals surface area (Å²) in [6, 6.07) is 14.5. The van der Waals surface area contributed by atoms with Crippen LogP contribution < -0.4 is 11.1 Å². The predicted molar refractivity (Wildman–Crippen MR) is 78.6 cm³/mol. The van der Waals surface area contributed by atoms with E-state index in [2.05, 4.69) is 5.32 Å². The lowest BCUT2D eigenvalue weighted by Crippen LogP contribution is -2.15. The molecule has 0 aromatic heterocycles. The van der Waals surface area contributed by atoms with E-state index < -0.39 is 0 Å². The van der Waals surface area contributed by atoms with Crippen LogP contribution in [0.25, 0.3) is 0 Å². The highest BCUT2D eigenvalue weighted by Gasteiger charge is 2.10. The van der Waals surface area contributed by atoms with Gasteiger partial charge in [-0.25, -0.2) is 0 Å². The fourth-order valence-corrected chi connectivity index (χ4v) is 2.07. The van der Waals surface area contributed by atoms with E-state index >= 15 is 0 Å². The minimum absolute atomic E-state index is 0.147. The second-order valence-corrected chi connectivity index (χ2v) is 4.60. The standard InChI is InChI=1S/C15H15ClN2O/c16-12-5-3-6-13(10-12)18-15(19)14-7-2-1-4-11(14)8-9-17/h1-7,10H,8-9,17H2,(H,18,19). The number of halogens is 1. The molecular weight excluding hydrogens is 260 g/mol. The highest BCUT2D eigenvalue weighted by molar-refractivity contribution is 6.30. The van der Waals surface area contributed by atoms with Crippen molar-refractivity contribution in [2.45, 2.75) is 6.42 Å². The average Bonchev–Trinajstić information content (AvgIpc) is 2.39. The number of benzene rings is 2. The first kappa shape index (κ1) is 13.6. The molecule has 0 spiro atoms. The summed E-state index contributed by atoms with van der Waals surface area (Å²) in [6.45, 7) is 0.515. The molecule has 0 unspecified atom stereocenters. The summed E-state index contributed by atoms with van der Waals surface area (Å²) >= 11 is 5.89. The fraction of sp³-hybridized carbons (Fsp3) is 0.133. The first-order valence-electron chi connectivity index (χ1n) is 6.05. The predicted octanol–water partition coefficient (Wildman–Crippen LogP) is 3.09. The zero-order valence-electron chi connectivity index (χ0n) is 10.4. The van der Waals surface area contributed by atoms with Crippen molar-refractivity contribution in [3.05, 3.63) is 64.7 Å². The SMILES string of the molecule is NCCc1ccccc1C(=O)Nc1cccc(Cl)c1. The molecule has 3 N–H and O–H groups in total. The third-order valence-corrected chi connectivity index (χ3v) is 2.99. The second kappa shape index (κ2) is 6.36. The van der Waals surface area contributed by atoms with E-state index in [9.17, 15) is 4.79 Å². The van der Waals surface area contributed by atoms with E-state index in [4.69, 9.17) is 17.3 Å². The van der Waals surface area contributed by atoms with Crippen LogP contribution in [0.4, 0.5) is 5.69 Å². The molecule has 2 aromatic carbocycles. The Labute approximate surface area is 117 Å². The van der Waals surface area contributed by atoms with Crippen LogP contribution >= 0.6 is 11.6 Å². The fourth-order valence-electron chi connectivity index (χ4n) is 1.88. The molecule has 0 aliphatic carbocycles. The lowest BCUT2D eigenvalue weighted by molar-refractivity contribution is 0.102. The van der Waals surface area contributed by atoms with Crippen LogP contribution in [0, 0.1) is 0 Å². The van der Waals surface area contributed by atoms with Crippen molar-refractivity contribution in [3.63, 3.8) is 0 Å². The lowest BCUT2D eigenvalue weighted by atomic mass is 10.0. The van der Waals surface area contributed by atoms with Crippen LogP contribution in [-0.4, -0.2) is 12.5 Å². The van der Waals surface area contributed by atoms with Gasteiger partial charge in [0.25, 0.3) is 5.91 Å². The van der Waals surface area contributed by atoms with Gasteiger partial charge in [-0.3, -0.25) is 4.79 Å². The number of nitrogens with two attached hydrogens (primary N) is 1. The number of nitrogens with one attached hydrogen (secondary N) is 1. The molecular formula is C15H15ClN2O. The summed E-state index contributed by atoms with van der Waals surface area (Å²) in [6.07, 6.45) is 0.680. The van der Waals surface area contributed by atoms with Gasteiger partial charge in [-0.05, 0) is 42.8 Å². The Morgan fingerprint density at radius 2 is 1.95 bits per heavy atom. The number of hydrogen-bond donors (Lipinski definition) is 2. The Hall–Kier alpha value is -1.84. The van der Waals surface area contributed by atoms with E-state index in [1.165, 1.54) is 0 Å². The Balaban J connectivity index is 2.20. The molecule has 2 rings (SSSR count). The van der Waals surface area contributed by atoms with E-state index in [1.807, 2.05) is 18.2 Å². The van der Waals surface area contributed by atoms with Crippen molar-refractivity contribution in [2.24, 2.45) is 5.73 Å². The van der Waals surface area contributed by atoms with Crippen molar-refractivity contribution in [1.82, 2.24) is 0 Å². The number of hydrogen-bond acceptors (Lipinski definition) is 2. The first-order chi connectivity index (χ1) is 9.20. The van der Waals surface area contributed by atoms with Crippen LogP contribution in [0.1, 0.15) is 15.9 Å². The Bertz CT molecular complexity index is 584. The molecule has 0 heterocycles. The van der Waals surface area contributed by atoms with Gasteiger partial charge >= 0.3 is 0 Å². The van der Waals surface area contributed by atoms with Gasteiger partial charge in [0.1, 0.15) is 0 Å². The van der Waals surface area contributed by atoms with Gasteiger partial charge in [0.05, 0.1) is 0 Å². The monoisotopic (exact) mass is 274 g/mol. The Kier molecular flexibility index (Phi) is 4.55. The second-order valence-electron chi connectivity index (χ2n) is 4.16. The summed E-state index contributed by atoms with van der Waals surface area (Å²) in [4.78, 5) is 12.2. The maximum absolute atomic E-state index is 12.2. The molecule has 0 saturated heterocycles. The van der Waals surface area contributed by atoms with Gasteiger partial charge in [0, 0.05) is 16.3 Å². The van der Waals surface area contributed by atoms with Gasteiger partial charge < -0.3 is 11.1 Å². The molecule has 19 heavy (non-hydrogen) atoms. The molecule has 0 atom stereocenters. The smallest absolute Gasteiger partial charge is 0.255 e. The maximum atomic E-state index is 12.2. The molecule has 0 aliphatic heterocycles. The van der Waals surface area contributed by atoms with Crippen LogP contribution in [0.3, 0.4) is 0 Å². The summed E-state index contributed by atoms with van der Waals surface area (Å²) in [5.41, 5.74) is 7.83. The van der Waals surface area contributed by atoms with Crippen LogP contribution in [0.2, 0.25) is 5.02 Å². The molecule has 2 aromatic rings. The van der Waals surface area contributed by atoms with Crippen molar-refractivity contribution >= 4 is 23.2 Å². The zero-order chi connectivity index (χ0) is 13.7. The molecule has 0 aliphatic rings. The van der Waals surface area contributed by atoms with E-state index in [0.29, 0.717) is 29.2 Å². The van der Waals surface area contributed by atoms with Crippen molar-refractivity contribution in [1.29, 1.82) is 0 Å². The lowest BCUT2D eigenvalue weighted by Gasteiger charge is -2.09. The highest BCUT2D eigenvalue weighted by atomic mass is 35.5. The maximum Gasteiger partial charge on any atom is 0.255 e. The number of carbonyl (C=O) groups is 1. The molecule has 1 amide bonds. The number of anilines is 1. The number of carbonyl (C=O) groups excluding carboxylic acids is 1. The summed E-state index contributed by atoms with van der Waals surface area (Å²) in [5, 5.41) is 3.42. The third kappa shape index (κ3) is 3.56. The number of rotatable bonds is 4. The quantitative estimate of drug-likeness (QED) is 0.900. The van der Waals surface area contributed by atoms with Crippen LogP contribution in [-0.2, 0) is 6.42 Å². The molecule has 3 nitrogen and oxygen atoms in total. The molecule has 4 heteroatoms. The zero-order valence-corrected chi connectivity index (χ0v) is 11.2.